The van der Waals surface area contributed by atoms with E-state index in [2.05, 4.69) is 61.5 Å². The van der Waals surface area contributed by atoms with Crippen molar-refractivity contribution in [3.63, 3.8) is 0 Å². The number of carbonyl (C=O) groups excluding carboxylic acids is 5. The summed E-state index contributed by atoms with van der Waals surface area (Å²) in [6.07, 6.45) is 0. The molecule has 2 aromatic heterocycles. The molecule has 424 valence electrons. The van der Waals surface area contributed by atoms with Crippen LogP contribution in [0.25, 0.3) is 22.0 Å². The molecule has 0 saturated heterocycles. The third-order valence-electron chi connectivity index (χ3n) is 13.0. The van der Waals surface area contributed by atoms with E-state index < -0.39 is 73.1 Å². The first-order valence-electron chi connectivity index (χ1n) is 24.0. The molecule has 1 unspecified atom stereocenters. The molecule has 2 aliphatic carbocycles. The molecule has 0 aliphatic heterocycles. The Morgan fingerprint density at radius 1 is 0.670 bits per heavy atom. The van der Waals surface area contributed by atoms with Crippen molar-refractivity contribution >= 4 is 130 Å². The number of aryl methyl sites for hydroxylation is 1. The van der Waals surface area contributed by atoms with Crippen LogP contribution in [0.15, 0.2) is 153 Å². The molecule has 11 rings (SSSR count). The fraction of sp³-hybridized carbons (Fsp3) is 0.0364. The monoisotopic (exact) mass is 1340 g/mol. The number of carboxylic acid groups (broad SMARTS) is 1. The standard InChI is InChI=1S/C40H27N7O15S3.C15H10BrNO2.4Na/c1-47-27-14-13-24(31-32(27)30(20-9-2-3-10-21(20)35(31)49)33(36(47)50)34(48)18-7-6-8-19(15-18)60-64(55)56)41-25-16-26(29(65(57,58)59)17-28(25)63-62-61-54)43-39-44-38(45-40(53)46-39)42-23-12-5-4-11-22(23)37(51)52;1-17-11-7-6-10(16)12-13(11)15(19)9-5-3-2-4-8(9)14(12)18;;;;/h2-17,41,54H,1H3,(H,51,52)(H,55,56)(H,57,58,59)(H3,42,43,44,45,46,53);2-7,17H,1H3;;;;/q;;4*+1/p-4. The van der Waals surface area contributed by atoms with E-state index in [1.54, 1.807) is 61.6 Å². The number of hydrogen-bond acceptors (Lipinski definition) is 25. The van der Waals surface area contributed by atoms with Crippen LogP contribution in [0, 0.1) is 0 Å². The fourth-order valence-corrected chi connectivity index (χ4v) is 11.5. The van der Waals surface area contributed by atoms with Gasteiger partial charge < -0.3 is 59.4 Å². The van der Waals surface area contributed by atoms with Gasteiger partial charge in [0.1, 0.15) is 27.2 Å². The summed E-state index contributed by atoms with van der Waals surface area (Å²) in [5.41, 5.74) is 0.536. The fourth-order valence-electron chi connectivity index (χ4n) is 9.51. The van der Waals surface area contributed by atoms with E-state index in [1.807, 2.05) is 0 Å². The number of fused-ring (bicyclic) bond motifs is 4. The number of aromatic carboxylic acids is 1. The average Bonchev–Trinajstić information content (AvgIpc) is 0.748. The van der Waals surface area contributed by atoms with Gasteiger partial charge in [-0.2, -0.15) is 19.3 Å². The number of aromatic hydroxyl groups is 1. The Morgan fingerprint density at radius 2 is 1.25 bits per heavy atom. The molecule has 2 aliphatic rings. The number of carboxylic acids is 1. The number of rotatable bonds is 16. The summed E-state index contributed by atoms with van der Waals surface area (Å²) in [7, 11) is -2.30. The third-order valence-corrected chi connectivity index (χ3v) is 15.6. The van der Waals surface area contributed by atoms with E-state index in [1.165, 1.54) is 67.7 Å². The second kappa shape index (κ2) is 30.0. The van der Waals surface area contributed by atoms with Crippen LogP contribution < -0.4 is 160 Å². The van der Waals surface area contributed by atoms with Crippen molar-refractivity contribution in [2.45, 2.75) is 9.79 Å². The van der Waals surface area contributed by atoms with Crippen molar-refractivity contribution in [1.82, 2.24) is 19.5 Å². The maximum atomic E-state index is 14.6. The number of hydrogen-bond donors (Lipinski definition) is 5. The van der Waals surface area contributed by atoms with Crippen LogP contribution >= 0.6 is 28.0 Å². The smallest absolute Gasteiger partial charge is 0.744 e. The number of carbonyl (C=O) groups is 5. The molecule has 0 bridgehead atoms. The summed E-state index contributed by atoms with van der Waals surface area (Å²) >= 11 is 0.538. The number of anilines is 7. The normalized spacial score (nSPS) is 11.9. The molecule has 0 spiro atoms. The number of ketones is 4. The van der Waals surface area contributed by atoms with Gasteiger partial charge in [-0.3, -0.25) is 29.0 Å². The van der Waals surface area contributed by atoms with Gasteiger partial charge in [-0.15, -0.1) is 0 Å². The first-order valence-corrected chi connectivity index (χ1v) is 27.9. The molecule has 0 amide bonds. The molecule has 33 heteroatoms. The van der Waals surface area contributed by atoms with Gasteiger partial charge >= 0.3 is 124 Å². The Balaban J connectivity index is 0.000000456. The van der Waals surface area contributed by atoms with Crippen molar-refractivity contribution in [3.8, 4) is 22.9 Å². The summed E-state index contributed by atoms with van der Waals surface area (Å²) < 4.78 is 71.7. The number of benzene rings is 7. The van der Waals surface area contributed by atoms with Crippen LogP contribution in [0.3, 0.4) is 0 Å². The molecule has 25 nitrogen and oxygen atoms in total. The van der Waals surface area contributed by atoms with Gasteiger partial charge in [-0.25, -0.2) is 12.6 Å². The number of halogens is 1. The number of nitrogens with one attached hydrogen (secondary N) is 4. The number of nitrogens with zero attached hydrogens (tertiary/aromatic N) is 4. The zero-order valence-corrected chi connectivity index (χ0v) is 58.6. The molecular formula is C55H33BrN8Na4O17S3. The maximum absolute atomic E-state index is 14.6. The van der Waals surface area contributed by atoms with E-state index in [-0.39, 0.29) is 219 Å². The van der Waals surface area contributed by atoms with E-state index in [4.69, 9.17) is 4.18 Å². The molecule has 9 aromatic rings. The summed E-state index contributed by atoms with van der Waals surface area (Å²) in [5, 5.41) is 47.7. The van der Waals surface area contributed by atoms with Crippen molar-refractivity contribution in [2.24, 2.45) is 7.05 Å². The van der Waals surface area contributed by atoms with Gasteiger partial charge in [-0.1, -0.05) is 94.8 Å². The minimum absolute atomic E-state index is 0. The zero-order valence-electron chi connectivity index (χ0n) is 46.6. The van der Waals surface area contributed by atoms with Crippen molar-refractivity contribution in [3.05, 3.63) is 198 Å². The predicted molar refractivity (Wildman–Crippen MR) is 299 cm³/mol. The molecule has 7 aromatic carbocycles. The van der Waals surface area contributed by atoms with Crippen LogP contribution in [-0.2, 0) is 37.9 Å². The number of para-hydroxylation sites is 1. The Bertz CT molecular complexity index is 4550. The van der Waals surface area contributed by atoms with Gasteiger partial charge in [0.15, 0.2) is 23.1 Å². The number of pyridine rings is 1. The second-order valence-electron chi connectivity index (χ2n) is 17.8. The van der Waals surface area contributed by atoms with Crippen LogP contribution in [0.4, 0.5) is 40.3 Å². The summed E-state index contributed by atoms with van der Waals surface area (Å²) in [5.74, 6) is -4.47. The first kappa shape index (κ1) is 71.5. The largest absolute Gasteiger partial charge is 1.00 e. The van der Waals surface area contributed by atoms with E-state index in [0.717, 1.165) is 22.8 Å². The number of aromatic nitrogens is 4. The van der Waals surface area contributed by atoms with Gasteiger partial charge in [0.2, 0.25) is 11.9 Å². The average molecular weight is 1350 g/mol. The molecule has 1 atom stereocenters. The molecule has 88 heavy (non-hydrogen) atoms. The molecule has 5 N–H and O–H groups in total. The molecule has 0 fully saturated rings. The minimum atomic E-state index is -5.41. The van der Waals surface area contributed by atoms with E-state index in [0.29, 0.717) is 32.4 Å². The molecule has 2 heterocycles. The van der Waals surface area contributed by atoms with E-state index >= 15 is 0 Å². The van der Waals surface area contributed by atoms with Gasteiger partial charge in [0.05, 0.1) is 67.1 Å². The predicted octanol–water partition coefficient (Wildman–Crippen LogP) is -5.94. The first-order chi connectivity index (χ1) is 40.2. The summed E-state index contributed by atoms with van der Waals surface area (Å²) in [6, 6.07) is 30.9. The Kier molecular flexibility index (Phi) is 24.4. The summed E-state index contributed by atoms with van der Waals surface area (Å²) in [6.45, 7) is 0. The zero-order chi connectivity index (χ0) is 59.9. The Hall–Kier alpha value is -5.56. The minimum Gasteiger partial charge on any atom is -0.744 e. The molecular weight excluding hydrogens is 1310 g/mol. The summed E-state index contributed by atoms with van der Waals surface area (Å²) in [4.78, 5) is 90.2. The molecule has 0 radical (unpaired) electrons. The Morgan fingerprint density at radius 3 is 1.86 bits per heavy atom. The van der Waals surface area contributed by atoms with Crippen LogP contribution in [0.2, 0.25) is 0 Å². The topological polar surface area (TPSA) is 386 Å². The van der Waals surface area contributed by atoms with Crippen molar-refractivity contribution < 1.29 is 193 Å². The van der Waals surface area contributed by atoms with Crippen molar-refractivity contribution in [2.75, 3.05) is 28.3 Å². The quantitative estimate of drug-likeness (QED) is 0.0114. The van der Waals surface area contributed by atoms with Gasteiger partial charge in [-0.05, 0) is 60.2 Å². The maximum Gasteiger partial charge on any atom is 1.00 e. The van der Waals surface area contributed by atoms with Crippen LogP contribution in [0.1, 0.15) is 74.0 Å². The SMILES string of the molecule is CNc1ccc(Br)c2c1C(=O)c1ccccc1C2=O.Cn1c(=O)c(C(=O)c2cccc(OS(=O)[O-])c2)c2c3c(c(Nc4cc(Nc5nc(O)nc(Nc6ccccc6C(=O)[O-])n5)c(S(=O)(=O)[O-])cc4SOO[O-])ccc31)C(=O)c1ccccc1-2.[Na+].[Na+].[Na+].[Na+]. The van der Waals surface area contributed by atoms with E-state index in [9.17, 15) is 66.0 Å². The van der Waals surface area contributed by atoms with Crippen LogP contribution in [-0.4, -0.2) is 82.5 Å². The van der Waals surface area contributed by atoms with Gasteiger partial charge in [0.25, 0.3) is 5.56 Å². The Labute approximate surface area is 601 Å². The van der Waals surface area contributed by atoms with Crippen molar-refractivity contribution in [1.29, 1.82) is 0 Å². The second-order valence-corrected chi connectivity index (χ2v) is 21.3. The van der Waals surface area contributed by atoms with Gasteiger partial charge in [0, 0.05) is 74.3 Å². The van der Waals surface area contributed by atoms with Crippen LogP contribution in [0.5, 0.6) is 11.8 Å². The third kappa shape index (κ3) is 14.4. The molecule has 0 saturated carbocycles.